The number of hydrogen-bond donors (Lipinski definition) is 1. The summed E-state index contributed by atoms with van der Waals surface area (Å²) in [6.07, 6.45) is 6.66. The molecule has 0 amide bonds. The lowest BCUT2D eigenvalue weighted by atomic mass is 9.99. The van der Waals surface area contributed by atoms with Gasteiger partial charge in [-0.15, -0.1) is 0 Å². The number of fused-ring (bicyclic) bond motifs is 1. The molecule has 1 aromatic carbocycles. The number of nitrogens with zero attached hydrogens (tertiary/aromatic N) is 2. The maximum Gasteiger partial charge on any atom is 0.125 e. The lowest BCUT2D eigenvalue weighted by Crippen LogP contribution is -2.15. The standard InChI is InChI=1S/C15H19N3/c1-11-10-17-18(15(11)16)14-9-5-3-7-12-6-2-4-8-13(12)14/h2,4,6,8,10,14H,3,5,7,9,16H2,1H3. The predicted molar refractivity (Wildman–Crippen MR) is 73.5 cm³/mol. The molecule has 1 heterocycles. The van der Waals surface area contributed by atoms with Crippen molar-refractivity contribution in [1.29, 1.82) is 0 Å². The van der Waals surface area contributed by atoms with Crippen LogP contribution in [0.4, 0.5) is 5.82 Å². The van der Waals surface area contributed by atoms with E-state index in [-0.39, 0.29) is 0 Å². The van der Waals surface area contributed by atoms with Gasteiger partial charge in [0.25, 0.3) is 0 Å². The van der Waals surface area contributed by atoms with Crippen LogP contribution in [0.15, 0.2) is 30.5 Å². The van der Waals surface area contributed by atoms with Gasteiger partial charge >= 0.3 is 0 Å². The summed E-state index contributed by atoms with van der Waals surface area (Å²) >= 11 is 0. The van der Waals surface area contributed by atoms with Crippen molar-refractivity contribution in [1.82, 2.24) is 9.78 Å². The second-order valence-electron chi connectivity index (χ2n) is 5.12. The molecule has 94 valence electrons. The highest BCUT2D eigenvalue weighted by Crippen LogP contribution is 2.33. The fourth-order valence-corrected chi connectivity index (χ4v) is 2.86. The minimum absolute atomic E-state index is 0.303. The highest BCUT2D eigenvalue weighted by Gasteiger charge is 2.22. The average Bonchev–Trinajstić information content (AvgIpc) is 2.63. The Morgan fingerprint density at radius 2 is 2.11 bits per heavy atom. The Hall–Kier alpha value is -1.77. The summed E-state index contributed by atoms with van der Waals surface area (Å²) in [4.78, 5) is 0. The van der Waals surface area contributed by atoms with E-state index in [0.717, 1.165) is 17.8 Å². The van der Waals surface area contributed by atoms with Crippen LogP contribution in [0, 0.1) is 6.92 Å². The Balaban J connectivity index is 2.09. The van der Waals surface area contributed by atoms with E-state index in [2.05, 4.69) is 29.4 Å². The fraction of sp³-hybridized carbons (Fsp3) is 0.400. The van der Waals surface area contributed by atoms with Crippen LogP contribution in [-0.2, 0) is 6.42 Å². The zero-order chi connectivity index (χ0) is 12.5. The molecule has 1 aliphatic carbocycles. The quantitative estimate of drug-likeness (QED) is 0.780. The molecule has 0 bridgehead atoms. The zero-order valence-electron chi connectivity index (χ0n) is 10.8. The summed E-state index contributed by atoms with van der Waals surface area (Å²) in [7, 11) is 0. The van der Waals surface area contributed by atoms with Crippen molar-refractivity contribution >= 4 is 5.82 Å². The van der Waals surface area contributed by atoms with Crippen LogP contribution in [-0.4, -0.2) is 9.78 Å². The molecule has 0 fully saturated rings. The first-order valence-corrected chi connectivity index (χ1v) is 6.65. The first kappa shape index (κ1) is 11.3. The molecule has 0 spiro atoms. The number of rotatable bonds is 1. The van der Waals surface area contributed by atoms with Gasteiger partial charge < -0.3 is 5.73 Å². The molecule has 1 unspecified atom stereocenters. The van der Waals surface area contributed by atoms with Crippen molar-refractivity contribution in [3.05, 3.63) is 47.2 Å². The predicted octanol–water partition coefficient (Wildman–Crippen LogP) is 3.09. The molecule has 0 radical (unpaired) electrons. The topological polar surface area (TPSA) is 43.8 Å². The number of nitrogen functional groups attached to an aromatic ring is 1. The lowest BCUT2D eigenvalue weighted by Gasteiger charge is -2.19. The molecule has 0 aliphatic heterocycles. The Morgan fingerprint density at radius 1 is 1.28 bits per heavy atom. The van der Waals surface area contributed by atoms with Crippen molar-refractivity contribution in [2.24, 2.45) is 0 Å². The van der Waals surface area contributed by atoms with Gasteiger partial charge in [0.1, 0.15) is 5.82 Å². The smallest absolute Gasteiger partial charge is 0.125 e. The van der Waals surface area contributed by atoms with Crippen LogP contribution in [0.2, 0.25) is 0 Å². The van der Waals surface area contributed by atoms with Gasteiger partial charge in [0, 0.05) is 5.56 Å². The molecule has 2 aromatic rings. The third-order valence-corrected chi connectivity index (χ3v) is 3.91. The van der Waals surface area contributed by atoms with E-state index in [1.807, 2.05) is 17.8 Å². The van der Waals surface area contributed by atoms with Crippen molar-refractivity contribution in [3.8, 4) is 0 Å². The molecule has 3 nitrogen and oxygen atoms in total. The number of aryl methyl sites for hydroxylation is 2. The first-order chi connectivity index (χ1) is 8.77. The van der Waals surface area contributed by atoms with Gasteiger partial charge in [-0.25, -0.2) is 4.68 Å². The molecule has 3 heteroatoms. The van der Waals surface area contributed by atoms with Crippen LogP contribution in [0.5, 0.6) is 0 Å². The summed E-state index contributed by atoms with van der Waals surface area (Å²) in [6.45, 7) is 2.02. The van der Waals surface area contributed by atoms with Gasteiger partial charge in [0.05, 0.1) is 12.2 Å². The van der Waals surface area contributed by atoms with Crippen LogP contribution in [0.25, 0.3) is 0 Å². The second-order valence-corrected chi connectivity index (χ2v) is 5.12. The summed E-state index contributed by atoms with van der Waals surface area (Å²) < 4.78 is 2.00. The summed E-state index contributed by atoms with van der Waals surface area (Å²) in [5.41, 5.74) is 10.1. The number of aromatic nitrogens is 2. The van der Waals surface area contributed by atoms with Crippen LogP contribution >= 0.6 is 0 Å². The van der Waals surface area contributed by atoms with Crippen molar-refractivity contribution in [2.45, 2.75) is 38.6 Å². The van der Waals surface area contributed by atoms with E-state index in [1.54, 1.807) is 0 Å². The maximum absolute atomic E-state index is 6.14. The highest BCUT2D eigenvalue weighted by molar-refractivity contribution is 5.40. The van der Waals surface area contributed by atoms with Crippen LogP contribution in [0.1, 0.15) is 42.0 Å². The maximum atomic E-state index is 6.14. The third-order valence-electron chi connectivity index (χ3n) is 3.91. The van der Waals surface area contributed by atoms with Gasteiger partial charge in [-0.05, 0) is 37.3 Å². The van der Waals surface area contributed by atoms with Crippen molar-refractivity contribution < 1.29 is 0 Å². The van der Waals surface area contributed by atoms with Crippen molar-refractivity contribution in [3.63, 3.8) is 0 Å². The lowest BCUT2D eigenvalue weighted by molar-refractivity contribution is 0.486. The van der Waals surface area contributed by atoms with E-state index in [1.165, 1.54) is 30.4 Å². The molecule has 0 saturated heterocycles. The second kappa shape index (κ2) is 4.48. The number of anilines is 1. The molecular formula is C15H19N3. The number of nitrogens with two attached hydrogens (primary N) is 1. The van der Waals surface area contributed by atoms with Crippen LogP contribution < -0.4 is 5.73 Å². The molecule has 1 atom stereocenters. The first-order valence-electron chi connectivity index (χ1n) is 6.65. The molecule has 3 rings (SSSR count). The van der Waals surface area contributed by atoms with Gasteiger partial charge in [0.2, 0.25) is 0 Å². The minimum atomic E-state index is 0.303. The zero-order valence-corrected chi connectivity index (χ0v) is 10.8. The summed E-state index contributed by atoms with van der Waals surface area (Å²) in [5, 5.41) is 4.47. The molecule has 2 N–H and O–H groups in total. The summed E-state index contributed by atoms with van der Waals surface area (Å²) in [6, 6.07) is 9.00. The largest absolute Gasteiger partial charge is 0.384 e. The fourth-order valence-electron chi connectivity index (χ4n) is 2.86. The molecule has 0 saturated carbocycles. The van der Waals surface area contributed by atoms with E-state index in [0.29, 0.717) is 6.04 Å². The SMILES string of the molecule is Cc1cnn(C2CCCCc3ccccc32)c1N. The van der Waals surface area contributed by atoms with Crippen molar-refractivity contribution in [2.75, 3.05) is 5.73 Å². The minimum Gasteiger partial charge on any atom is -0.384 e. The van der Waals surface area contributed by atoms with E-state index < -0.39 is 0 Å². The monoisotopic (exact) mass is 241 g/mol. The Morgan fingerprint density at radius 3 is 2.89 bits per heavy atom. The van der Waals surface area contributed by atoms with E-state index in [9.17, 15) is 0 Å². The molecule has 1 aliphatic rings. The van der Waals surface area contributed by atoms with Gasteiger partial charge in [-0.3, -0.25) is 0 Å². The number of benzene rings is 1. The van der Waals surface area contributed by atoms with Gasteiger partial charge in [-0.2, -0.15) is 5.10 Å². The Bertz CT molecular complexity index is 557. The third kappa shape index (κ3) is 1.80. The van der Waals surface area contributed by atoms with Gasteiger partial charge in [-0.1, -0.05) is 30.7 Å². The number of hydrogen-bond acceptors (Lipinski definition) is 2. The van der Waals surface area contributed by atoms with E-state index in [4.69, 9.17) is 5.73 Å². The Kier molecular flexibility index (Phi) is 2.82. The van der Waals surface area contributed by atoms with E-state index >= 15 is 0 Å². The normalized spacial score (nSPS) is 19.3. The molecular weight excluding hydrogens is 222 g/mol. The Labute approximate surface area is 108 Å². The summed E-state index contributed by atoms with van der Waals surface area (Å²) in [5.74, 6) is 0.803. The van der Waals surface area contributed by atoms with Crippen LogP contribution in [0.3, 0.4) is 0 Å². The molecule has 1 aromatic heterocycles. The van der Waals surface area contributed by atoms with Gasteiger partial charge in [0.15, 0.2) is 0 Å². The molecule has 18 heavy (non-hydrogen) atoms. The average molecular weight is 241 g/mol. The highest BCUT2D eigenvalue weighted by atomic mass is 15.3.